The van der Waals surface area contributed by atoms with Crippen molar-refractivity contribution in [1.29, 1.82) is 0 Å². The van der Waals surface area contributed by atoms with Gasteiger partial charge in [0.1, 0.15) is 0 Å². The summed E-state index contributed by atoms with van der Waals surface area (Å²) in [6, 6.07) is 13.8. The van der Waals surface area contributed by atoms with Crippen molar-refractivity contribution in [2.45, 2.75) is 38.9 Å². The van der Waals surface area contributed by atoms with E-state index >= 15 is 0 Å². The standard InChI is InChI=1S/C26H28ClN3O3/c1-16-13-22-21(14-20(16)26(31)32-4)29-24(27)25(28-3)30(22)17(2)19-11-8-12-23(19)33-15-18-9-6-5-7-10-18/h5-7,9-10,13-14,19,23H,2,8,11-12,15H2,1,3-4H3/b28-25-/t19-,23-/m0/s1. The van der Waals surface area contributed by atoms with Gasteiger partial charge in [-0.2, -0.15) is 0 Å². The van der Waals surface area contributed by atoms with E-state index < -0.39 is 5.97 Å². The zero-order valence-corrected chi connectivity index (χ0v) is 19.9. The van der Waals surface area contributed by atoms with Gasteiger partial charge in [0, 0.05) is 18.7 Å². The number of hydrogen-bond donors (Lipinski definition) is 0. The fourth-order valence-electron chi connectivity index (χ4n) is 4.57. The molecule has 172 valence electrons. The summed E-state index contributed by atoms with van der Waals surface area (Å²) in [5, 5.41) is 0.255. The van der Waals surface area contributed by atoms with E-state index in [0.717, 1.165) is 41.6 Å². The Balaban J connectivity index is 1.74. The number of carbonyl (C=O) groups is 1. The molecule has 33 heavy (non-hydrogen) atoms. The molecule has 0 aliphatic heterocycles. The second-order valence-electron chi connectivity index (χ2n) is 8.30. The Kier molecular flexibility index (Phi) is 6.96. The minimum Gasteiger partial charge on any atom is -0.465 e. The summed E-state index contributed by atoms with van der Waals surface area (Å²) in [5.41, 5.74) is 5.16. The second kappa shape index (κ2) is 9.89. The van der Waals surface area contributed by atoms with E-state index in [1.54, 1.807) is 13.1 Å². The number of aryl methyl sites for hydroxylation is 1. The Labute approximate surface area is 198 Å². The lowest BCUT2D eigenvalue weighted by Crippen LogP contribution is -2.29. The highest BCUT2D eigenvalue weighted by Crippen LogP contribution is 2.36. The van der Waals surface area contributed by atoms with E-state index in [0.29, 0.717) is 23.2 Å². The average Bonchev–Trinajstić information content (AvgIpc) is 3.30. The summed E-state index contributed by atoms with van der Waals surface area (Å²) in [7, 11) is 3.05. The average molecular weight is 466 g/mol. The lowest BCUT2D eigenvalue weighted by molar-refractivity contribution is 0.0286. The van der Waals surface area contributed by atoms with Gasteiger partial charge < -0.3 is 9.47 Å². The Morgan fingerprint density at radius 3 is 2.73 bits per heavy atom. The quantitative estimate of drug-likeness (QED) is 0.471. The van der Waals surface area contributed by atoms with Crippen molar-refractivity contribution in [3.63, 3.8) is 0 Å². The monoisotopic (exact) mass is 465 g/mol. The van der Waals surface area contributed by atoms with E-state index in [1.165, 1.54) is 7.11 Å². The molecule has 0 amide bonds. The van der Waals surface area contributed by atoms with Gasteiger partial charge in [0.05, 0.1) is 36.4 Å². The zero-order valence-electron chi connectivity index (χ0n) is 19.2. The smallest absolute Gasteiger partial charge is 0.338 e. The summed E-state index contributed by atoms with van der Waals surface area (Å²) in [5.74, 6) is -0.298. The molecule has 1 saturated carbocycles. The van der Waals surface area contributed by atoms with Crippen LogP contribution < -0.4 is 5.49 Å². The van der Waals surface area contributed by atoms with Crippen LogP contribution in [0.25, 0.3) is 16.7 Å². The summed E-state index contributed by atoms with van der Waals surface area (Å²) in [6.07, 6.45) is 3.05. The van der Waals surface area contributed by atoms with Gasteiger partial charge in [0.15, 0.2) is 10.6 Å². The molecule has 7 heteroatoms. The minimum absolute atomic E-state index is 0.0485. The van der Waals surface area contributed by atoms with Crippen LogP contribution in [0.4, 0.5) is 0 Å². The topological polar surface area (TPSA) is 65.7 Å². The summed E-state index contributed by atoms with van der Waals surface area (Å²) < 4.78 is 13.2. The van der Waals surface area contributed by atoms with Gasteiger partial charge in [-0.05, 0) is 43.0 Å². The third-order valence-electron chi connectivity index (χ3n) is 6.27. The van der Waals surface area contributed by atoms with Crippen molar-refractivity contribution in [2.75, 3.05) is 14.2 Å². The van der Waals surface area contributed by atoms with Gasteiger partial charge in [-0.3, -0.25) is 9.56 Å². The van der Waals surface area contributed by atoms with Gasteiger partial charge in [0.25, 0.3) is 0 Å². The Morgan fingerprint density at radius 1 is 1.27 bits per heavy atom. The number of ether oxygens (including phenoxy) is 2. The van der Waals surface area contributed by atoms with Gasteiger partial charge in [-0.1, -0.05) is 54.9 Å². The highest BCUT2D eigenvalue weighted by molar-refractivity contribution is 6.29. The molecule has 2 aromatic carbocycles. The van der Waals surface area contributed by atoms with Crippen LogP contribution in [0, 0.1) is 12.8 Å². The number of hydrogen-bond acceptors (Lipinski definition) is 5. The first-order valence-electron chi connectivity index (χ1n) is 11.0. The molecule has 0 N–H and O–H groups in total. The zero-order chi connectivity index (χ0) is 23.5. The molecule has 1 aliphatic carbocycles. The summed E-state index contributed by atoms with van der Waals surface area (Å²) >= 11 is 6.53. The predicted octanol–water partition coefficient (Wildman–Crippen LogP) is 5.17. The van der Waals surface area contributed by atoms with Crippen molar-refractivity contribution in [2.24, 2.45) is 10.9 Å². The summed E-state index contributed by atoms with van der Waals surface area (Å²) in [4.78, 5) is 21.1. The number of methoxy groups -OCH3 is 1. The van der Waals surface area contributed by atoms with Crippen LogP contribution in [0.3, 0.4) is 0 Å². The van der Waals surface area contributed by atoms with Crippen LogP contribution >= 0.6 is 11.6 Å². The third-order valence-corrected chi connectivity index (χ3v) is 6.52. The molecule has 0 spiro atoms. The van der Waals surface area contributed by atoms with Gasteiger partial charge >= 0.3 is 5.97 Å². The molecule has 0 saturated heterocycles. The molecular weight excluding hydrogens is 438 g/mol. The van der Waals surface area contributed by atoms with E-state index in [-0.39, 0.29) is 17.2 Å². The molecule has 2 atom stereocenters. The van der Waals surface area contributed by atoms with Crippen LogP contribution in [0.2, 0.25) is 5.15 Å². The number of rotatable bonds is 6. The van der Waals surface area contributed by atoms with Gasteiger partial charge in [-0.15, -0.1) is 0 Å². The molecule has 1 aromatic heterocycles. The molecule has 4 rings (SSSR count). The molecule has 1 heterocycles. The third kappa shape index (κ3) is 4.59. The maximum Gasteiger partial charge on any atom is 0.338 e. The van der Waals surface area contributed by atoms with Crippen molar-refractivity contribution < 1.29 is 14.3 Å². The first-order valence-corrected chi connectivity index (χ1v) is 11.4. The molecule has 6 nitrogen and oxygen atoms in total. The molecular formula is C26H28ClN3O3. The normalized spacial score (nSPS) is 18.6. The first-order chi connectivity index (χ1) is 15.9. The highest BCUT2D eigenvalue weighted by Gasteiger charge is 2.32. The number of benzene rings is 2. The lowest BCUT2D eigenvalue weighted by Gasteiger charge is -2.25. The van der Waals surface area contributed by atoms with Crippen molar-refractivity contribution >= 4 is 34.3 Å². The van der Waals surface area contributed by atoms with E-state index in [4.69, 9.17) is 21.1 Å². The fourth-order valence-corrected chi connectivity index (χ4v) is 4.83. The Hall–Kier alpha value is -2.96. The number of fused-ring (bicyclic) bond motifs is 1. The van der Waals surface area contributed by atoms with E-state index in [1.807, 2.05) is 35.8 Å². The second-order valence-corrected chi connectivity index (χ2v) is 8.65. The minimum atomic E-state index is -0.410. The van der Waals surface area contributed by atoms with Crippen LogP contribution in [0.1, 0.15) is 40.7 Å². The van der Waals surface area contributed by atoms with Crippen LogP contribution in [-0.4, -0.2) is 35.8 Å². The van der Waals surface area contributed by atoms with Crippen molar-refractivity contribution in [1.82, 2.24) is 9.55 Å². The lowest BCUT2D eigenvalue weighted by atomic mass is 10.0. The largest absolute Gasteiger partial charge is 0.465 e. The number of aromatic nitrogens is 2. The summed E-state index contributed by atoms with van der Waals surface area (Å²) in [6.45, 7) is 6.89. The number of halogens is 1. The van der Waals surface area contributed by atoms with E-state index in [2.05, 4.69) is 28.7 Å². The molecule has 0 unspecified atom stereocenters. The van der Waals surface area contributed by atoms with Crippen molar-refractivity contribution in [3.05, 3.63) is 76.4 Å². The Bertz CT molecular complexity index is 1270. The Morgan fingerprint density at radius 2 is 2.03 bits per heavy atom. The predicted molar refractivity (Wildman–Crippen MR) is 130 cm³/mol. The van der Waals surface area contributed by atoms with E-state index in [9.17, 15) is 4.79 Å². The van der Waals surface area contributed by atoms with Crippen LogP contribution in [0.5, 0.6) is 0 Å². The molecule has 1 fully saturated rings. The first kappa shape index (κ1) is 23.2. The number of esters is 1. The molecule has 1 aliphatic rings. The van der Waals surface area contributed by atoms with Gasteiger partial charge in [0.2, 0.25) is 0 Å². The fraction of sp³-hybridized carbons (Fsp3) is 0.346. The highest BCUT2D eigenvalue weighted by atomic mass is 35.5. The number of carbonyl (C=O) groups excluding carboxylic acids is 1. The maximum atomic E-state index is 12.2. The van der Waals surface area contributed by atoms with Gasteiger partial charge in [-0.25, -0.2) is 9.78 Å². The molecule has 0 bridgehead atoms. The van der Waals surface area contributed by atoms with Crippen LogP contribution in [0.15, 0.2) is 54.0 Å². The van der Waals surface area contributed by atoms with Crippen molar-refractivity contribution in [3.8, 4) is 0 Å². The molecule has 0 radical (unpaired) electrons. The SMILES string of the molecule is C=C([C@@H]1CCC[C@@H]1OCc1ccccc1)n1/c(=N\C)c(Cl)nc2cc(C(=O)OC)c(C)cc21. The molecule has 3 aromatic rings. The maximum absolute atomic E-state index is 12.2. The van der Waals surface area contributed by atoms with Crippen LogP contribution in [-0.2, 0) is 16.1 Å². The number of nitrogens with zero attached hydrogens (tertiary/aromatic N) is 3.